The van der Waals surface area contributed by atoms with Crippen molar-refractivity contribution in [1.82, 2.24) is 9.62 Å². The van der Waals surface area contributed by atoms with Gasteiger partial charge in [0, 0.05) is 13.1 Å². The molecule has 6 nitrogen and oxygen atoms in total. The molecule has 0 fully saturated rings. The van der Waals surface area contributed by atoms with Gasteiger partial charge in [0.15, 0.2) is 0 Å². The highest BCUT2D eigenvalue weighted by molar-refractivity contribution is 7.89. The lowest BCUT2D eigenvalue weighted by atomic mass is 10.1. The fraction of sp³-hybridized carbons (Fsp3) is 0.500. The van der Waals surface area contributed by atoms with Gasteiger partial charge in [0.05, 0.1) is 23.0 Å². The van der Waals surface area contributed by atoms with Crippen LogP contribution >= 0.6 is 0 Å². The molecule has 1 atom stereocenters. The highest BCUT2D eigenvalue weighted by Crippen LogP contribution is 2.12. The standard InChI is InChI=1S/C14H21N3O3S/c1-14(18,11-17(2)3)10-16-21(19,20)13-6-4-12(5-7-13)8-9-15/h4-7,16,18H,8,10-11H2,1-3H3. The van der Waals surface area contributed by atoms with Gasteiger partial charge in [-0.3, -0.25) is 0 Å². The summed E-state index contributed by atoms with van der Waals surface area (Å²) in [5.74, 6) is 0. The van der Waals surface area contributed by atoms with Crippen LogP contribution < -0.4 is 4.72 Å². The van der Waals surface area contributed by atoms with Crippen LogP contribution in [0.3, 0.4) is 0 Å². The minimum Gasteiger partial charge on any atom is -0.387 e. The van der Waals surface area contributed by atoms with Crippen LogP contribution in [0.25, 0.3) is 0 Å². The van der Waals surface area contributed by atoms with Crippen molar-refractivity contribution in [1.29, 1.82) is 5.26 Å². The first-order valence-corrected chi connectivity index (χ1v) is 7.97. The monoisotopic (exact) mass is 311 g/mol. The van der Waals surface area contributed by atoms with Gasteiger partial charge >= 0.3 is 0 Å². The van der Waals surface area contributed by atoms with Crippen LogP contribution in [0.1, 0.15) is 12.5 Å². The first kappa shape index (κ1) is 17.6. The summed E-state index contributed by atoms with van der Waals surface area (Å²) in [5, 5.41) is 18.7. The van der Waals surface area contributed by atoms with Gasteiger partial charge in [-0.2, -0.15) is 5.26 Å². The Morgan fingerprint density at radius 3 is 2.38 bits per heavy atom. The minimum atomic E-state index is -3.67. The van der Waals surface area contributed by atoms with Gasteiger partial charge in [-0.15, -0.1) is 0 Å². The molecule has 1 rings (SSSR count). The second kappa shape index (κ2) is 7.00. The summed E-state index contributed by atoms with van der Waals surface area (Å²) < 4.78 is 26.7. The lowest BCUT2D eigenvalue weighted by Gasteiger charge is -2.27. The zero-order valence-electron chi connectivity index (χ0n) is 12.5. The highest BCUT2D eigenvalue weighted by atomic mass is 32.2. The van der Waals surface area contributed by atoms with E-state index < -0.39 is 15.6 Å². The third-order valence-corrected chi connectivity index (χ3v) is 4.23. The number of likely N-dealkylation sites (N-methyl/N-ethyl adjacent to an activating group) is 1. The lowest BCUT2D eigenvalue weighted by Crippen LogP contribution is -2.47. The highest BCUT2D eigenvalue weighted by Gasteiger charge is 2.24. The number of hydrogen-bond donors (Lipinski definition) is 2. The Morgan fingerprint density at radius 1 is 1.33 bits per heavy atom. The number of nitrogens with one attached hydrogen (secondary N) is 1. The van der Waals surface area contributed by atoms with Crippen molar-refractivity contribution in [2.24, 2.45) is 0 Å². The van der Waals surface area contributed by atoms with Gasteiger partial charge < -0.3 is 10.0 Å². The number of nitrogens with zero attached hydrogens (tertiary/aromatic N) is 2. The SMILES string of the molecule is CN(C)CC(C)(O)CNS(=O)(=O)c1ccc(CC#N)cc1. The van der Waals surface area contributed by atoms with E-state index in [2.05, 4.69) is 4.72 Å². The van der Waals surface area contributed by atoms with Crippen LogP contribution in [0.2, 0.25) is 0 Å². The Labute approximate surface area is 126 Å². The molecule has 0 heterocycles. The maximum absolute atomic E-state index is 12.1. The maximum atomic E-state index is 12.1. The molecule has 0 aliphatic carbocycles. The molecular formula is C14H21N3O3S. The second-order valence-electron chi connectivity index (χ2n) is 5.54. The van der Waals surface area contributed by atoms with Gasteiger partial charge in [-0.05, 0) is 38.7 Å². The van der Waals surface area contributed by atoms with E-state index in [0.717, 1.165) is 5.56 Å². The molecule has 21 heavy (non-hydrogen) atoms. The first-order chi connectivity index (χ1) is 9.66. The maximum Gasteiger partial charge on any atom is 0.240 e. The molecule has 0 radical (unpaired) electrons. The zero-order valence-corrected chi connectivity index (χ0v) is 13.3. The van der Waals surface area contributed by atoms with E-state index in [1.54, 1.807) is 38.1 Å². The molecule has 0 spiro atoms. The molecule has 0 aromatic heterocycles. The van der Waals surface area contributed by atoms with Crippen molar-refractivity contribution in [3.63, 3.8) is 0 Å². The molecule has 1 aromatic carbocycles. The lowest BCUT2D eigenvalue weighted by molar-refractivity contribution is 0.0386. The van der Waals surface area contributed by atoms with Crippen LogP contribution in [0.4, 0.5) is 0 Å². The molecule has 2 N–H and O–H groups in total. The number of sulfonamides is 1. The van der Waals surface area contributed by atoms with Gasteiger partial charge in [0.1, 0.15) is 0 Å². The summed E-state index contributed by atoms with van der Waals surface area (Å²) in [6, 6.07) is 8.12. The molecule has 0 saturated carbocycles. The van der Waals surface area contributed by atoms with Gasteiger partial charge in [0.2, 0.25) is 10.0 Å². The zero-order chi connectivity index (χ0) is 16.1. The fourth-order valence-corrected chi connectivity index (χ4v) is 3.11. The Bertz CT molecular complexity index is 601. The van der Waals surface area contributed by atoms with Gasteiger partial charge in [0.25, 0.3) is 0 Å². The average Bonchev–Trinajstić information content (AvgIpc) is 2.36. The molecule has 116 valence electrons. The first-order valence-electron chi connectivity index (χ1n) is 6.49. The van der Waals surface area contributed by atoms with Crippen molar-refractivity contribution >= 4 is 10.0 Å². The number of nitriles is 1. The number of aliphatic hydroxyl groups is 1. The molecule has 1 aromatic rings. The van der Waals surface area contributed by atoms with Crippen molar-refractivity contribution in [3.05, 3.63) is 29.8 Å². The molecule has 0 amide bonds. The summed E-state index contributed by atoms with van der Waals surface area (Å²) in [6.45, 7) is 1.84. The van der Waals surface area contributed by atoms with E-state index in [1.807, 2.05) is 6.07 Å². The van der Waals surface area contributed by atoms with Crippen LogP contribution in [0.15, 0.2) is 29.2 Å². The summed E-state index contributed by atoms with van der Waals surface area (Å²) >= 11 is 0. The largest absolute Gasteiger partial charge is 0.387 e. The average molecular weight is 311 g/mol. The molecule has 1 unspecified atom stereocenters. The van der Waals surface area contributed by atoms with Crippen molar-refractivity contribution in [2.75, 3.05) is 27.2 Å². The number of benzene rings is 1. The molecule has 0 bridgehead atoms. The molecule has 0 saturated heterocycles. The van der Waals surface area contributed by atoms with Crippen molar-refractivity contribution in [2.45, 2.75) is 23.8 Å². The van der Waals surface area contributed by atoms with Crippen LogP contribution in [0.5, 0.6) is 0 Å². The summed E-state index contributed by atoms with van der Waals surface area (Å²) in [5.41, 5.74) is -0.395. The third kappa shape index (κ3) is 5.81. The van der Waals surface area contributed by atoms with E-state index >= 15 is 0 Å². The predicted octanol–water partition coefficient (Wildman–Crippen LogP) is 0.344. The van der Waals surface area contributed by atoms with E-state index in [9.17, 15) is 13.5 Å². The topological polar surface area (TPSA) is 93.4 Å². The molecule has 0 aliphatic rings. The predicted molar refractivity (Wildman–Crippen MR) is 80.1 cm³/mol. The van der Waals surface area contributed by atoms with E-state index in [1.165, 1.54) is 12.1 Å². The summed E-state index contributed by atoms with van der Waals surface area (Å²) in [7, 11) is -0.0675. The van der Waals surface area contributed by atoms with Crippen molar-refractivity contribution < 1.29 is 13.5 Å². The fourth-order valence-electron chi connectivity index (χ4n) is 1.95. The minimum absolute atomic E-state index is 0.0759. The molecule has 7 heteroatoms. The van der Waals surface area contributed by atoms with Crippen LogP contribution in [0, 0.1) is 11.3 Å². The van der Waals surface area contributed by atoms with Crippen LogP contribution in [-0.4, -0.2) is 51.2 Å². The number of rotatable bonds is 7. The van der Waals surface area contributed by atoms with Crippen LogP contribution in [-0.2, 0) is 16.4 Å². The second-order valence-corrected chi connectivity index (χ2v) is 7.31. The Balaban J connectivity index is 2.76. The van der Waals surface area contributed by atoms with E-state index in [-0.39, 0.29) is 17.9 Å². The van der Waals surface area contributed by atoms with Gasteiger partial charge in [-0.25, -0.2) is 13.1 Å². The Kier molecular flexibility index (Phi) is 5.87. The molecule has 0 aliphatic heterocycles. The van der Waals surface area contributed by atoms with Gasteiger partial charge in [-0.1, -0.05) is 12.1 Å². The quantitative estimate of drug-likeness (QED) is 0.757. The van der Waals surface area contributed by atoms with Crippen molar-refractivity contribution in [3.8, 4) is 6.07 Å². The summed E-state index contributed by atoms with van der Waals surface area (Å²) in [4.78, 5) is 1.90. The third-order valence-electron chi connectivity index (χ3n) is 2.82. The Morgan fingerprint density at radius 2 is 1.90 bits per heavy atom. The van der Waals surface area contributed by atoms with E-state index in [4.69, 9.17) is 5.26 Å². The molecular weight excluding hydrogens is 290 g/mol. The summed E-state index contributed by atoms with van der Waals surface area (Å²) in [6.07, 6.45) is 0.241. The van der Waals surface area contributed by atoms with E-state index in [0.29, 0.717) is 6.54 Å². The number of hydrogen-bond acceptors (Lipinski definition) is 5. The Hall–Kier alpha value is -1.46. The normalized spacial score (nSPS) is 14.7. The smallest absolute Gasteiger partial charge is 0.240 e.